The summed E-state index contributed by atoms with van der Waals surface area (Å²) >= 11 is 0. The first kappa shape index (κ1) is 10.3. The van der Waals surface area contributed by atoms with E-state index < -0.39 is 0 Å². The van der Waals surface area contributed by atoms with Crippen LogP contribution in [0.3, 0.4) is 0 Å². The molecule has 0 atom stereocenters. The van der Waals surface area contributed by atoms with Gasteiger partial charge in [0.15, 0.2) is 0 Å². The summed E-state index contributed by atoms with van der Waals surface area (Å²) in [5.74, 6) is 0. The minimum Gasteiger partial charge on any atom is -0.298 e. The Balaban J connectivity index is 2.49. The van der Waals surface area contributed by atoms with Gasteiger partial charge in [-0.05, 0) is 26.0 Å². The van der Waals surface area contributed by atoms with Crippen LogP contribution in [-0.2, 0) is 0 Å². The molecule has 0 saturated carbocycles. The molecule has 13 heavy (non-hydrogen) atoms. The summed E-state index contributed by atoms with van der Waals surface area (Å²) in [7, 11) is 2.16. The van der Waals surface area contributed by atoms with E-state index in [-0.39, 0.29) is 0 Å². The van der Waals surface area contributed by atoms with E-state index in [2.05, 4.69) is 50.1 Å². The highest BCUT2D eigenvalue weighted by molar-refractivity contribution is 5.32. The van der Waals surface area contributed by atoms with Gasteiger partial charge in [-0.25, -0.2) is 0 Å². The maximum atomic E-state index is 2.33. The molecular formula is C12H19N. The van der Waals surface area contributed by atoms with Gasteiger partial charge in [-0.2, -0.15) is 0 Å². The van der Waals surface area contributed by atoms with E-state index in [1.807, 2.05) is 0 Å². The van der Waals surface area contributed by atoms with Crippen LogP contribution in [0, 0.1) is 0 Å². The lowest BCUT2D eigenvalue weighted by Crippen LogP contribution is -2.14. The molecule has 1 heteroatoms. The van der Waals surface area contributed by atoms with Crippen molar-refractivity contribution in [2.24, 2.45) is 0 Å². The van der Waals surface area contributed by atoms with Crippen LogP contribution in [0.4, 0.5) is 0 Å². The summed E-state index contributed by atoms with van der Waals surface area (Å²) in [4.78, 5) is 2.33. The fourth-order valence-corrected chi connectivity index (χ4v) is 1.57. The molecule has 0 aromatic carbocycles. The van der Waals surface area contributed by atoms with Crippen molar-refractivity contribution in [2.75, 3.05) is 20.1 Å². The number of hydrogen-bond acceptors (Lipinski definition) is 1. The second-order valence-corrected chi connectivity index (χ2v) is 3.67. The Morgan fingerprint density at radius 1 is 1.31 bits per heavy atom. The molecule has 1 aliphatic heterocycles. The molecule has 0 aromatic rings. The van der Waals surface area contributed by atoms with Crippen molar-refractivity contribution in [2.45, 2.75) is 20.3 Å². The van der Waals surface area contributed by atoms with Gasteiger partial charge in [-0.3, -0.25) is 4.90 Å². The monoisotopic (exact) mass is 177 g/mol. The lowest BCUT2D eigenvalue weighted by molar-refractivity contribution is 0.426. The van der Waals surface area contributed by atoms with E-state index in [1.165, 1.54) is 11.1 Å². The van der Waals surface area contributed by atoms with Gasteiger partial charge in [0.25, 0.3) is 0 Å². The molecule has 1 heterocycles. The highest BCUT2D eigenvalue weighted by atomic mass is 15.1. The van der Waals surface area contributed by atoms with E-state index in [4.69, 9.17) is 0 Å². The summed E-state index contributed by atoms with van der Waals surface area (Å²) in [6, 6.07) is 0. The topological polar surface area (TPSA) is 3.24 Å². The Kier molecular flexibility index (Phi) is 3.97. The molecule has 1 aliphatic rings. The van der Waals surface area contributed by atoms with Gasteiger partial charge < -0.3 is 0 Å². The predicted molar refractivity (Wildman–Crippen MR) is 58.8 cm³/mol. The minimum atomic E-state index is 1.10. The number of allylic oxidation sites excluding steroid dienone is 3. The first-order chi connectivity index (χ1) is 6.24. The zero-order valence-corrected chi connectivity index (χ0v) is 8.88. The highest BCUT2D eigenvalue weighted by Gasteiger charge is 2.12. The van der Waals surface area contributed by atoms with Gasteiger partial charge in [0.05, 0.1) is 0 Å². The van der Waals surface area contributed by atoms with Crippen LogP contribution in [0.15, 0.2) is 35.5 Å². The van der Waals surface area contributed by atoms with Crippen LogP contribution < -0.4 is 0 Å². The van der Waals surface area contributed by atoms with Crippen molar-refractivity contribution in [3.05, 3.63) is 35.5 Å². The standard InChI is InChI=1S/C12H19N/c1-4-5-6-7-8-12-10-13(3)9-11(12)2/h5-8H,4,9-10H2,1-3H3/b6-5-,8-7-. The molecule has 0 amide bonds. The summed E-state index contributed by atoms with van der Waals surface area (Å²) < 4.78 is 0. The number of nitrogens with zero attached hydrogens (tertiary/aromatic N) is 1. The molecular weight excluding hydrogens is 158 g/mol. The third kappa shape index (κ3) is 3.19. The zero-order chi connectivity index (χ0) is 9.68. The molecule has 0 bridgehead atoms. The van der Waals surface area contributed by atoms with Crippen molar-refractivity contribution in [1.82, 2.24) is 4.90 Å². The zero-order valence-electron chi connectivity index (χ0n) is 8.88. The Morgan fingerprint density at radius 3 is 2.62 bits per heavy atom. The molecule has 72 valence electrons. The van der Waals surface area contributed by atoms with Crippen molar-refractivity contribution < 1.29 is 0 Å². The van der Waals surface area contributed by atoms with Gasteiger partial charge >= 0.3 is 0 Å². The number of rotatable bonds is 3. The average Bonchev–Trinajstić information content (AvgIpc) is 2.39. The van der Waals surface area contributed by atoms with Crippen LogP contribution >= 0.6 is 0 Å². The molecule has 0 spiro atoms. The van der Waals surface area contributed by atoms with Crippen molar-refractivity contribution in [3.8, 4) is 0 Å². The Morgan fingerprint density at radius 2 is 2.08 bits per heavy atom. The summed E-state index contributed by atoms with van der Waals surface area (Å²) in [6.07, 6.45) is 9.78. The van der Waals surface area contributed by atoms with Crippen molar-refractivity contribution >= 4 is 0 Å². The highest BCUT2D eigenvalue weighted by Crippen LogP contribution is 2.15. The smallest absolute Gasteiger partial charge is 0.0234 e. The van der Waals surface area contributed by atoms with Crippen LogP contribution in [0.25, 0.3) is 0 Å². The van der Waals surface area contributed by atoms with Crippen molar-refractivity contribution in [3.63, 3.8) is 0 Å². The predicted octanol–water partition coefficient (Wildman–Crippen LogP) is 2.77. The summed E-state index contributed by atoms with van der Waals surface area (Å²) in [5, 5.41) is 0. The fourth-order valence-electron chi connectivity index (χ4n) is 1.57. The molecule has 0 saturated heterocycles. The Bertz CT molecular complexity index is 246. The molecule has 0 aliphatic carbocycles. The summed E-state index contributed by atoms with van der Waals surface area (Å²) in [6.45, 7) is 6.59. The quantitative estimate of drug-likeness (QED) is 0.599. The fraction of sp³-hybridized carbons (Fsp3) is 0.500. The lowest BCUT2D eigenvalue weighted by atomic mass is 10.1. The third-order valence-electron chi connectivity index (χ3n) is 2.28. The largest absolute Gasteiger partial charge is 0.298 e. The SMILES string of the molecule is CC/C=C\C=C/C1=C(C)CN(C)C1. The lowest BCUT2D eigenvalue weighted by Gasteiger charge is -2.04. The van der Waals surface area contributed by atoms with Gasteiger partial charge in [0.1, 0.15) is 0 Å². The number of likely N-dealkylation sites (N-methyl/N-ethyl adjacent to an activating group) is 1. The maximum Gasteiger partial charge on any atom is 0.0234 e. The van der Waals surface area contributed by atoms with Crippen LogP contribution in [0.2, 0.25) is 0 Å². The van der Waals surface area contributed by atoms with E-state index in [0.29, 0.717) is 0 Å². The van der Waals surface area contributed by atoms with E-state index in [0.717, 1.165) is 19.5 Å². The van der Waals surface area contributed by atoms with E-state index in [1.54, 1.807) is 0 Å². The number of hydrogen-bond donors (Lipinski definition) is 0. The third-order valence-corrected chi connectivity index (χ3v) is 2.28. The summed E-state index contributed by atoms with van der Waals surface area (Å²) in [5.41, 5.74) is 2.98. The Hall–Kier alpha value is -0.820. The van der Waals surface area contributed by atoms with Crippen molar-refractivity contribution in [1.29, 1.82) is 0 Å². The Labute approximate surface area is 81.4 Å². The molecule has 1 rings (SSSR count). The van der Waals surface area contributed by atoms with Crippen LogP contribution in [-0.4, -0.2) is 25.0 Å². The first-order valence-electron chi connectivity index (χ1n) is 4.94. The molecule has 0 unspecified atom stereocenters. The average molecular weight is 177 g/mol. The first-order valence-corrected chi connectivity index (χ1v) is 4.94. The molecule has 0 fully saturated rings. The van der Waals surface area contributed by atoms with Gasteiger partial charge in [-0.1, -0.05) is 36.8 Å². The normalized spacial score (nSPS) is 19.9. The molecule has 0 N–H and O–H groups in total. The second kappa shape index (κ2) is 5.03. The van der Waals surface area contributed by atoms with E-state index >= 15 is 0 Å². The van der Waals surface area contributed by atoms with Gasteiger partial charge in [-0.15, -0.1) is 0 Å². The van der Waals surface area contributed by atoms with Gasteiger partial charge in [0.2, 0.25) is 0 Å². The molecule has 0 radical (unpaired) electrons. The van der Waals surface area contributed by atoms with Crippen LogP contribution in [0.5, 0.6) is 0 Å². The molecule has 0 aromatic heterocycles. The van der Waals surface area contributed by atoms with E-state index in [9.17, 15) is 0 Å². The maximum absolute atomic E-state index is 2.33. The van der Waals surface area contributed by atoms with Gasteiger partial charge in [0, 0.05) is 13.1 Å². The van der Waals surface area contributed by atoms with Crippen LogP contribution in [0.1, 0.15) is 20.3 Å². The molecule has 1 nitrogen and oxygen atoms in total. The minimum absolute atomic E-state index is 1.10. The second-order valence-electron chi connectivity index (χ2n) is 3.67.